The van der Waals surface area contributed by atoms with E-state index < -0.39 is 35.3 Å². The zero-order valence-electron chi connectivity index (χ0n) is 19.1. The number of alkyl halides is 6. The van der Waals surface area contributed by atoms with Crippen molar-refractivity contribution < 1.29 is 36.2 Å². The predicted octanol–water partition coefficient (Wildman–Crippen LogP) is 6.07. The first-order valence-corrected chi connectivity index (χ1v) is 11.4. The fourth-order valence-corrected chi connectivity index (χ4v) is 4.35. The number of carbonyl (C=O) groups is 1. The number of hydrogen-bond donors (Lipinski definition) is 3. The van der Waals surface area contributed by atoms with Gasteiger partial charge in [-0.2, -0.15) is 26.3 Å². The van der Waals surface area contributed by atoms with Crippen molar-refractivity contribution in [2.75, 3.05) is 18.5 Å². The second kappa shape index (κ2) is 10.9. The molecule has 0 heterocycles. The van der Waals surface area contributed by atoms with Crippen LogP contribution >= 0.6 is 0 Å². The van der Waals surface area contributed by atoms with E-state index in [4.69, 9.17) is 5.11 Å². The summed E-state index contributed by atoms with van der Waals surface area (Å²) in [5.74, 6) is -1.47. The highest BCUT2D eigenvalue weighted by atomic mass is 19.4. The number of amides is 1. The topological polar surface area (TPSA) is 61.4 Å². The van der Waals surface area contributed by atoms with Gasteiger partial charge in [-0.15, -0.1) is 0 Å². The molecule has 0 radical (unpaired) electrons. The number of anilines is 1. The summed E-state index contributed by atoms with van der Waals surface area (Å²) in [7, 11) is 0. The van der Waals surface area contributed by atoms with E-state index in [2.05, 4.69) is 10.6 Å². The Labute approximate surface area is 199 Å². The van der Waals surface area contributed by atoms with Gasteiger partial charge < -0.3 is 15.7 Å². The summed E-state index contributed by atoms with van der Waals surface area (Å²) in [6, 6.07) is 8.97. The minimum Gasteiger partial charge on any atom is -0.395 e. The lowest BCUT2D eigenvalue weighted by atomic mass is 9.81. The van der Waals surface area contributed by atoms with Crippen molar-refractivity contribution in [2.45, 2.75) is 62.8 Å². The fraction of sp³-hybridized carbons (Fsp3) is 0.480. The van der Waals surface area contributed by atoms with Crippen LogP contribution in [-0.2, 0) is 17.1 Å². The van der Waals surface area contributed by atoms with E-state index in [9.17, 15) is 31.1 Å². The van der Waals surface area contributed by atoms with Crippen LogP contribution in [0.25, 0.3) is 0 Å². The zero-order valence-corrected chi connectivity index (χ0v) is 19.1. The van der Waals surface area contributed by atoms with Crippen LogP contribution in [0.3, 0.4) is 0 Å². The summed E-state index contributed by atoms with van der Waals surface area (Å²) in [5.41, 5.74) is -1.13. The van der Waals surface area contributed by atoms with Crippen LogP contribution in [0.2, 0.25) is 0 Å². The van der Waals surface area contributed by atoms with Gasteiger partial charge in [-0.1, -0.05) is 12.1 Å². The SMILES string of the molecule is CC(C(=O)NC1CCC(c2ccc(NCCO)cc2)CC1)c1cc(C(F)(F)F)cc(C(F)(F)F)c1. The van der Waals surface area contributed by atoms with Gasteiger partial charge in [0.1, 0.15) is 0 Å². The molecule has 1 aliphatic rings. The molecule has 192 valence electrons. The highest BCUT2D eigenvalue weighted by Crippen LogP contribution is 2.38. The molecular formula is C25H28F6N2O2. The first-order chi connectivity index (χ1) is 16.4. The summed E-state index contributed by atoms with van der Waals surface area (Å²) in [6.07, 6.45) is -7.02. The first kappa shape index (κ1) is 26.8. The Bertz CT molecular complexity index is 964. The Morgan fingerprint density at radius 3 is 1.97 bits per heavy atom. The molecule has 1 amide bonds. The molecule has 0 aromatic heterocycles. The maximum atomic E-state index is 13.1. The average molecular weight is 502 g/mol. The second-order valence-electron chi connectivity index (χ2n) is 8.89. The molecule has 35 heavy (non-hydrogen) atoms. The van der Waals surface area contributed by atoms with E-state index in [1.54, 1.807) is 0 Å². The molecule has 3 N–H and O–H groups in total. The highest BCUT2D eigenvalue weighted by Gasteiger charge is 2.38. The maximum Gasteiger partial charge on any atom is 0.416 e. The Kier molecular flexibility index (Phi) is 8.35. The Balaban J connectivity index is 1.62. The molecule has 2 aromatic rings. The third-order valence-corrected chi connectivity index (χ3v) is 6.40. The molecule has 1 fully saturated rings. The van der Waals surface area contributed by atoms with E-state index in [0.717, 1.165) is 24.1 Å². The Morgan fingerprint density at radius 1 is 0.943 bits per heavy atom. The molecule has 0 bridgehead atoms. The largest absolute Gasteiger partial charge is 0.416 e. The number of nitrogens with one attached hydrogen (secondary N) is 2. The van der Waals surface area contributed by atoms with Crippen LogP contribution < -0.4 is 10.6 Å². The standard InChI is InChI=1S/C25H28F6N2O2/c1-15(18-12-19(24(26,27)28)14-20(13-18)25(29,30)31)23(35)33-22-8-4-17(5-9-22)16-2-6-21(7-3-16)32-10-11-34/h2-3,6-7,12-15,17,22,32,34H,4-5,8-11H2,1H3,(H,33,35). The van der Waals surface area contributed by atoms with Gasteiger partial charge in [0.15, 0.2) is 0 Å². The summed E-state index contributed by atoms with van der Waals surface area (Å²) in [4.78, 5) is 12.7. The van der Waals surface area contributed by atoms with Crippen molar-refractivity contribution in [2.24, 2.45) is 0 Å². The lowest BCUT2D eigenvalue weighted by Gasteiger charge is -2.30. The molecule has 1 atom stereocenters. The van der Waals surface area contributed by atoms with Crippen molar-refractivity contribution in [3.8, 4) is 0 Å². The number of halogens is 6. The van der Waals surface area contributed by atoms with E-state index in [-0.39, 0.29) is 24.3 Å². The smallest absolute Gasteiger partial charge is 0.395 e. The van der Waals surface area contributed by atoms with E-state index >= 15 is 0 Å². The number of benzene rings is 2. The number of carbonyl (C=O) groups excluding carboxylic acids is 1. The summed E-state index contributed by atoms with van der Waals surface area (Å²) in [6.45, 7) is 1.80. The van der Waals surface area contributed by atoms with Gasteiger partial charge >= 0.3 is 12.4 Å². The van der Waals surface area contributed by atoms with Gasteiger partial charge in [0.2, 0.25) is 5.91 Å². The van der Waals surface area contributed by atoms with Crippen molar-refractivity contribution in [1.29, 1.82) is 0 Å². The number of rotatable bonds is 7. The molecule has 4 nitrogen and oxygen atoms in total. The van der Waals surface area contributed by atoms with E-state index in [0.29, 0.717) is 37.4 Å². The minimum absolute atomic E-state index is 0.0351. The minimum atomic E-state index is -4.96. The predicted molar refractivity (Wildman–Crippen MR) is 120 cm³/mol. The normalized spacial score (nSPS) is 19.8. The lowest BCUT2D eigenvalue weighted by Crippen LogP contribution is -2.39. The highest BCUT2D eigenvalue weighted by molar-refractivity contribution is 5.83. The summed E-state index contributed by atoms with van der Waals surface area (Å²) >= 11 is 0. The summed E-state index contributed by atoms with van der Waals surface area (Å²) < 4.78 is 78.9. The molecule has 1 saturated carbocycles. The Hall–Kier alpha value is -2.75. The van der Waals surface area contributed by atoms with E-state index in [1.165, 1.54) is 6.92 Å². The second-order valence-corrected chi connectivity index (χ2v) is 8.89. The van der Waals surface area contributed by atoms with Crippen molar-refractivity contribution in [1.82, 2.24) is 5.32 Å². The van der Waals surface area contributed by atoms with E-state index in [1.807, 2.05) is 24.3 Å². The van der Waals surface area contributed by atoms with Gasteiger partial charge in [-0.05, 0) is 80.0 Å². The van der Waals surface area contributed by atoms with Crippen molar-refractivity contribution in [3.63, 3.8) is 0 Å². The van der Waals surface area contributed by atoms with Gasteiger partial charge in [0.05, 0.1) is 23.7 Å². The van der Waals surface area contributed by atoms with Crippen LogP contribution in [0.15, 0.2) is 42.5 Å². The van der Waals surface area contributed by atoms with Gasteiger partial charge in [0.25, 0.3) is 0 Å². The molecule has 3 rings (SSSR count). The number of hydrogen-bond acceptors (Lipinski definition) is 3. The third-order valence-electron chi connectivity index (χ3n) is 6.40. The first-order valence-electron chi connectivity index (χ1n) is 11.4. The molecule has 1 aliphatic carbocycles. The monoisotopic (exact) mass is 502 g/mol. The van der Waals surface area contributed by atoms with Crippen LogP contribution in [0.5, 0.6) is 0 Å². The lowest BCUT2D eigenvalue weighted by molar-refractivity contribution is -0.143. The molecule has 0 spiro atoms. The van der Waals surface area contributed by atoms with Crippen LogP contribution in [0.4, 0.5) is 32.0 Å². The molecule has 0 aliphatic heterocycles. The molecule has 2 aromatic carbocycles. The molecule has 1 unspecified atom stereocenters. The average Bonchev–Trinajstić information content (AvgIpc) is 2.81. The molecule has 0 saturated heterocycles. The van der Waals surface area contributed by atoms with Crippen molar-refractivity contribution in [3.05, 3.63) is 64.7 Å². The van der Waals surface area contributed by atoms with Gasteiger partial charge in [0, 0.05) is 18.3 Å². The fourth-order valence-electron chi connectivity index (χ4n) is 4.35. The summed E-state index contributed by atoms with van der Waals surface area (Å²) in [5, 5.41) is 14.8. The zero-order chi connectivity index (χ0) is 25.8. The molecular weight excluding hydrogens is 474 g/mol. The quantitative estimate of drug-likeness (QED) is 0.403. The number of aliphatic hydroxyl groups excluding tert-OH is 1. The van der Waals surface area contributed by atoms with Gasteiger partial charge in [-0.3, -0.25) is 4.79 Å². The molecule has 10 heteroatoms. The van der Waals surface area contributed by atoms with Crippen molar-refractivity contribution >= 4 is 11.6 Å². The third kappa shape index (κ3) is 7.13. The van der Waals surface area contributed by atoms with Gasteiger partial charge in [-0.25, -0.2) is 0 Å². The van der Waals surface area contributed by atoms with Crippen LogP contribution in [-0.4, -0.2) is 30.2 Å². The maximum absolute atomic E-state index is 13.1. The number of aliphatic hydroxyl groups is 1. The Morgan fingerprint density at radius 2 is 1.49 bits per heavy atom. The van der Waals surface area contributed by atoms with Crippen LogP contribution in [0.1, 0.15) is 66.7 Å². The van der Waals surface area contributed by atoms with Crippen LogP contribution in [0, 0.1) is 0 Å².